The van der Waals surface area contributed by atoms with E-state index in [2.05, 4.69) is 179 Å². The summed E-state index contributed by atoms with van der Waals surface area (Å²) in [5.41, 5.74) is 9.94. The Labute approximate surface area is 308 Å². The Morgan fingerprint density at radius 2 is 1.19 bits per heavy atom. The first-order valence-corrected chi connectivity index (χ1v) is 18.7. The third-order valence-corrected chi connectivity index (χ3v) is 12.0. The first-order valence-electron chi connectivity index (χ1n) is 17.9. The molecule has 11 aromatic rings. The van der Waals surface area contributed by atoms with Crippen molar-refractivity contribution < 1.29 is 0 Å². The maximum Gasteiger partial charge on any atom is 0.160 e. The number of aromatic nitrogens is 4. The van der Waals surface area contributed by atoms with Crippen molar-refractivity contribution in [3.63, 3.8) is 0 Å². The third kappa shape index (κ3) is 4.14. The predicted octanol–water partition coefficient (Wildman–Crippen LogP) is 12.8. The second-order valence-electron chi connectivity index (χ2n) is 13.8. The van der Waals surface area contributed by atoms with E-state index < -0.39 is 0 Å². The molecule has 53 heavy (non-hydrogen) atoms. The van der Waals surface area contributed by atoms with Crippen molar-refractivity contribution in [1.82, 2.24) is 19.1 Å². The topological polar surface area (TPSA) is 35.6 Å². The molecule has 0 saturated heterocycles. The van der Waals surface area contributed by atoms with Crippen LogP contribution in [0.4, 0.5) is 0 Å². The van der Waals surface area contributed by atoms with E-state index in [-0.39, 0.29) is 0 Å². The summed E-state index contributed by atoms with van der Waals surface area (Å²) in [6.45, 7) is 0. The molecule has 4 nitrogen and oxygen atoms in total. The molecule has 0 aliphatic carbocycles. The molecular weight excluding hydrogens is 665 g/mol. The highest BCUT2D eigenvalue weighted by molar-refractivity contribution is 7.99. The van der Waals surface area contributed by atoms with E-state index >= 15 is 0 Å². The van der Waals surface area contributed by atoms with E-state index in [0.29, 0.717) is 0 Å². The van der Waals surface area contributed by atoms with Crippen molar-refractivity contribution in [2.75, 3.05) is 0 Å². The van der Waals surface area contributed by atoms with Crippen LogP contribution in [0.25, 0.3) is 99.3 Å². The fraction of sp³-hybridized carbons (Fsp3) is 0. The van der Waals surface area contributed by atoms with E-state index in [4.69, 9.17) is 9.97 Å². The lowest BCUT2D eigenvalue weighted by molar-refractivity contribution is 1.03. The summed E-state index contributed by atoms with van der Waals surface area (Å²) in [5, 5.41) is 9.57. The molecule has 1 aliphatic rings. The normalized spacial score (nSPS) is 12.5. The monoisotopic (exact) mass is 692 g/mol. The Morgan fingerprint density at radius 1 is 0.453 bits per heavy atom. The van der Waals surface area contributed by atoms with Gasteiger partial charge in [-0.3, -0.25) is 9.13 Å². The average Bonchev–Trinajstić information content (AvgIpc) is 3.74. The van der Waals surface area contributed by atoms with Crippen LogP contribution < -0.4 is 0 Å². The van der Waals surface area contributed by atoms with Gasteiger partial charge in [-0.2, -0.15) is 0 Å². The van der Waals surface area contributed by atoms with Gasteiger partial charge in [0.1, 0.15) is 5.65 Å². The van der Waals surface area contributed by atoms with Gasteiger partial charge in [0.05, 0.1) is 27.9 Å². The zero-order valence-corrected chi connectivity index (χ0v) is 29.2. The summed E-state index contributed by atoms with van der Waals surface area (Å²) >= 11 is 1.83. The van der Waals surface area contributed by atoms with Crippen LogP contribution in [0, 0.1) is 0 Å². The molecule has 8 aromatic carbocycles. The molecule has 4 heterocycles. The molecule has 1 aliphatic heterocycles. The van der Waals surface area contributed by atoms with Gasteiger partial charge in [-0.05, 0) is 70.8 Å². The Kier molecular flexibility index (Phi) is 5.96. The lowest BCUT2D eigenvalue weighted by atomic mass is 9.99. The second-order valence-corrected chi connectivity index (χ2v) is 14.9. The van der Waals surface area contributed by atoms with E-state index in [1.807, 2.05) is 11.8 Å². The van der Waals surface area contributed by atoms with Gasteiger partial charge in [-0.1, -0.05) is 127 Å². The quantitative estimate of drug-likeness (QED) is 0.173. The molecule has 0 atom stereocenters. The van der Waals surface area contributed by atoms with Crippen LogP contribution in [0.2, 0.25) is 0 Å². The highest BCUT2D eigenvalue weighted by Gasteiger charge is 2.28. The number of benzene rings is 8. The van der Waals surface area contributed by atoms with Gasteiger partial charge in [0.2, 0.25) is 0 Å². The zero-order chi connectivity index (χ0) is 34.6. The van der Waals surface area contributed by atoms with Gasteiger partial charge in [0.15, 0.2) is 5.82 Å². The third-order valence-electron chi connectivity index (χ3n) is 10.9. The summed E-state index contributed by atoms with van der Waals surface area (Å²) in [6, 6.07) is 61.0. The molecule has 0 amide bonds. The van der Waals surface area contributed by atoms with Crippen molar-refractivity contribution in [3.05, 3.63) is 170 Å². The standard InChI is InChI=1S/C48H28N4S/c1-2-14-34(15-3-1)51-39-19-9-8-17-36(39)43-37-18-10-20-41-46(37)52(48(43)51)40-26-24-33(28-42(40)53-41)47-49-44(32-22-21-29-11-4-5-13-31(29)27-32)38-25-23-30-12-6-7-16-35(30)45(38)50-47/h1-28H. The molecule has 3 aromatic heterocycles. The fourth-order valence-electron chi connectivity index (χ4n) is 8.51. The number of para-hydroxylation sites is 3. The molecule has 12 rings (SSSR count). The van der Waals surface area contributed by atoms with E-state index in [0.717, 1.165) is 44.6 Å². The van der Waals surface area contributed by atoms with Gasteiger partial charge in [0, 0.05) is 53.5 Å². The molecule has 246 valence electrons. The highest BCUT2D eigenvalue weighted by Crippen LogP contribution is 2.50. The maximum absolute atomic E-state index is 5.38. The summed E-state index contributed by atoms with van der Waals surface area (Å²) in [6.07, 6.45) is 0. The Morgan fingerprint density at radius 3 is 2.09 bits per heavy atom. The summed E-state index contributed by atoms with van der Waals surface area (Å²) in [4.78, 5) is 13.1. The molecule has 0 unspecified atom stereocenters. The minimum atomic E-state index is 0.723. The lowest BCUT2D eigenvalue weighted by Gasteiger charge is -2.22. The van der Waals surface area contributed by atoms with Crippen LogP contribution >= 0.6 is 11.8 Å². The Hall–Kier alpha value is -6.69. The van der Waals surface area contributed by atoms with Gasteiger partial charge in [-0.25, -0.2) is 9.97 Å². The Balaban J connectivity index is 1.12. The van der Waals surface area contributed by atoms with Gasteiger partial charge < -0.3 is 0 Å². The van der Waals surface area contributed by atoms with Crippen LogP contribution in [-0.2, 0) is 0 Å². The zero-order valence-electron chi connectivity index (χ0n) is 28.4. The predicted molar refractivity (Wildman–Crippen MR) is 221 cm³/mol. The van der Waals surface area contributed by atoms with Crippen molar-refractivity contribution >= 4 is 77.0 Å². The van der Waals surface area contributed by atoms with E-state index in [1.165, 1.54) is 64.5 Å². The molecule has 0 fully saturated rings. The summed E-state index contributed by atoms with van der Waals surface area (Å²) in [7, 11) is 0. The first-order chi connectivity index (χ1) is 26.3. The highest BCUT2D eigenvalue weighted by atomic mass is 32.2. The smallest absolute Gasteiger partial charge is 0.160 e. The molecule has 0 spiro atoms. The van der Waals surface area contributed by atoms with Crippen LogP contribution in [-0.4, -0.2) is 19.1 Å². The molecule has 5 heteroatoms. The van der Waals surface area contributed by atoms with Crippen LogP contribution in [0.1, 0.15) is 0 Å². The van der Waals surface area contributed by atoms with E-state index in [1.54, 1.807) is 0 Å². The SMILES string of the molecule is c1ccc(-n2c3ccccc3c3c4cccc5c4n(c32)-c2ccc(-c3nc(-c4ccc6ccccc6c4)c4ccc6ccccc6c4n3)cc2S5)cc1. The molecule has 0 N–H and O–H groups in total. The summed E-state index contributed by atoms with van der Waals surface area (Å²) < 4.78 is 4.91. The number of fused-ring (bicyclic) bond motifs is 11. The fourth-order valence-corrected chi connectivity index (χ4v) is 9.64. The number of rotatable bonds is 3. The van der Waals surface area contributed by atoms with Crippen molar-refractivity contribution in [3.8, 4) is 34.0 Å². The van der Waals surface area contributed by atoms with Crippen LogP contribution in [0.3, 0.4) is 0 Å². The number of hydrogen-bond acceptors (Lipinski definition) is 3. The molecule has 0 bridgehead atoms. The Bertz CT molecular complexity index is 3320. The molecule has 0 saturated carbocycles. The van der Waals surface area contributed by atoms with Crippen molar-refractivity contribution in [2.45, 2.75) is 9.79 Å². The average molecular weight is 693 g/mol. The second kappa shape index (κ2) is 10.9. The van der Waals surface area contributed by atoms with Gasteiger partial charge in [0.25, 0.3) is 0 Å². The van der Waals surface area contributed by atoms with Gasteiger partial charge in [-0.15, -0.1) is 0 Å². The van der Waals surface area contributed by atoms with E-state index in [9.17, 15) is 0 Å². The summed E-state index contributed by atoms with van der Waals surface area (Å²) in [5.74, 6) is 0.723. The van der Waals surface area contributed by atoms with Crippen molar-refractivity contribution in [1.29, 1.82) is 0 Å². The van der Waals surface area contributed by atoms with Gasteiger partial charge >= 0.3 is 0 Å². The molecule has 0 radical (unpaired) electrons. The largest absolute Gasteiger partial charge is 0.295 e. The minimum Gasteiger partial charge on any atom is -0.295 e. The number of nitrogens with zero attached hydrogens (tertiary/aromatic N) is 4. The minimum absolute atomic E-state index is 0.723. The molecular formula is C48H28N4S. The lowest BCUT2D eigenvalue weighted by Crippen LogP contribution is -2.06. The van der Waals surface area contributed by atoms with Crippen molar-refractivity contribution in [2.24, 2.45) is 0 Å². The van der Waals surface area contributed by atoms with Crippen LogP contribution in [0.15, 0.2) is 180 Å². The maximum atomic E-state index is 5.38. The first kappa shape index (κ1) is 28.9. The van der Waals surface area contributed by atoms with Crippen LogP contribution in [0.5, 0.6) is 0 Å². The number of hydrogen-bond donors (Lipinski definition) is 0.